The van der Waals surface area contributed by atoms with Crippen molar-refractivity contribution in [3.63, 3.8) is 0 Å². The summed E-state index contributed by atoms with van der Waals surface area (Å²) in [6, 6.07) is 56.1. The molecule has 2 unspecified atom stereocenters. The van der Waals surface area contributed by atoms with Crippen LogP contribution in [0.2, 0.25) is 0 Å². The van der Waals surface area contributed by atoms with E-state index in [-0.39, 0.29) is 57.3 Å². The van der Waals surface area contributed by atoms with Gasteiger partial charge in [0.15, 0.2) is 0 Å². The Labute approximate surface area is 546 Å². The van der Waals surface area contributed by atoms with Crippen molar-refractivity contribution in [1.82, 2.24) is 0 Å². The Morgan fingerprint density at radius 3 is 0.952 bits per heavy atom. The summed E-state index contributed by atoms with van der Waals surface area (Å²) < 4.78 is 2.83. The second-order valence-electron chi connectivity index (χ2n) is 26.8. The monoisotopic (exact) mass is 1290 g/mol. The predicted octanol–water partition coefficient (Wildman–Crippen LogP) is 10.7. The number of fused-ring (bicyclic) bond motifs is 4. The van der Waals surface area contributed by atoms with E-state index >= 15 is 0 Å². The van der Waals surface area contributed by atoms with Crippen molar-refractivity contribution in [3.05, 3.63) is 306 Å². The first-order valence-electron chi connectivity index (χ1n) is 29.4. The molecule has 0 amide bonds. The Kier molecular flexibility index (Phi) is 21.2. The van der Waals surface area contributed by atoms with Crippen molar-refractivity contribution in [2.24, 2.45) is 21.7 Å². The molecule has 0 fully saturated rings. The van der Waals surface area contributed by atoms with Crippen molar-refractivity contribution in [1.29, 1.82) is 0 Å². The molecule has 4 heteroatoms. The average molecular weight is 1300 g/mol. The molecule has 0 aromatic heterocycles. The van der Waals surface area contributed by atoms with Gasteiger partial charge in [-0.1, -0.05) is 199 Å². The molecule has 0 bridgehead atoms. The first kappa shape index (κ1) is 66.3. The zero-order valence-corrected chi connectivity index (χ0v) is 58.4. The number of rotatable bonds is 6. The third kappa shape index (κ3) is 14.1. The second-order valence-corrected chi connectivity index (χ2v) is 29.3. The molecule has 0 N–H and O–H groups in total. The van der Waals surface area contributed by atoms with E-state index in [1.807, 2.05) is 0 Å². The molecule has 6 aliphatic carbocycles. The number of hydrogen-bond acceptors (Lipinski definition) is 0. The van der Waals surface area contributed by atoms with Gasteiger partial charge in [-0.15, -0.1) is 23.3 Å². The minimum absolute atomic E-state index is 0. The maximum atomic E-state index is 3.99. The van der Waals surface area contributed by atoms with Crippen LogP contribution in [0.25, 0.3) is 23.3 Å². The summed E-state index contributed by atoms with van der Waals surface area (Å²) in [5.74, 6) is 0. The van der Waals surface area contributed by atoms with Crippen LogP contribution in [0.5, 0.6) is 0 Å². The Hall–Kier alpha value is -5.19. The number of benzene rings is 6. The van der Waals surface area contributed by atoms with Gasteiger partial charge >= 0.3 is 198 Å². The van der Waals surface area contributed by atoms with Gasteiger partial charge in [0.1, 0.15) is 0 Å². The molecule has 6 aromatic rings. The molecule has 2 atom stereocenters. The summed E-state index contributed by atoms with van der Waals surface area (Å²) in [5.41, 5.74) is 19.3. The minimum atomic E-state index is -0.148. The van der Waals surface area contributed by atoms with E-state index in [9.17, 15) is 0 Å². The molecule has 0 radical (unpaired) electrons. The Morgan fingerprint density at radius 1 is 0.405 bits per heavy atom. The Bertz CT molecular complexity index is 3620. The summed E-state index contributed by atoms with van der Waals surface area (Å²) in [4.78, 5) is 0. The van der Waals surface area contributed by atoms with Crippen molar-refractivity contribution in [2.75, 3.05) is 0 Å². The van der Waals surface area contributed by atoms with Crippen LogP contribution in [0, 0.1) is 33.8 Å². The van der Waals surface area contributed by atoms with Gasteiger partial charge in [0, 0.05) is 0 Å². The van der Waals surface area contributed by atoms with E-state index in [1.54, 1.807) is 0 Å². The fraction of sp³-hybridized carbons (Fsp3) is 0.275. The van der Waals surface area contributed by atoms with Gasteiger partial charge in [0.2, 0.25) is 0 Å². The van der Waals surface area contributed by atoms with E-state index in [0.29, 0.717) is 0 Å². The summed E-state index contributed by atoms with van der Waals surface area (Å²) in [5, 5.41) is 5.37. The molecule has 428 valence electrons. The van der Waals surface area contributed by atoms with Gasteiger partial charge in [-0.2, -0.15) is 35.5 Å². The zero-order valence-electron chi connectivity index (χ0n) is 52.0. The molecule has 6 aromatic carbocycles. The summed E-state index contributed by atoms with van der Waals surface area (Å²) >= 11 is 2.92. The zero-order chi connectivity index (χ0) is 58.8. The molecule has 6 aliphatic rings. The fourth-order valence-corrected chi connectivity index (χ4v) is 13.7. The molecular formula is C80H82Cl2Zr2-4. The molecule has 0 nitrogen and oxygen atoms in total. The van der Waals surface area contributed by atoms with Crippen LogP contribution in [-0.4, -0.2) is 6.41 Å². The molecule has 0 saturated carbocycles. The molecule has 0 aliphatic heterocycles. The van der Waals surface area contributed by atoms with E-state index in [4.69, 9.17) is 0 Å². The Balaban J connectivity index is 0.000000167. The van der Waals surface area contributed by atoms with Gasteiger partial charge < -0.3 is 24.8 Å². The number of halogens is 2. The first-order valence-corrected chi connectivity index (χ1v) is 31.8. The van der Waals surface area contributed by atoms with E-state index in [0.717, 1.165) is 12.8 Å². The van der Waals surface area contributed by atoms with Crippen molar-refractivity contribution >= 4 is 29.7 Å². The topological polar surface area (TPSA) is 0 Å². The first-order chi connectivity index (χ1) is 38.8. The van der Waals surface area contributed by atoms with E-state index in [2.05, 4.69) is 328 Å². The van der Waals surface area contributed by atoms with Crippen LogP contribution >= 0.6 is 0 Å². The van der Waals surface area contributed by atoms with Gasteiger partial charge in [0.05, 0.1) is 0 Å². The van der Waals surface area contributed by atoms with Crippen LogP contribution in [0.1, 0.15) is 143 Å². The van der Waals surface area contributed by atoms with Crippen molar-refractivity contribution in [3.8, 4) is 0 Å². The molecule has 0 heterocycles. The third-order valence-electron chi connectivity index (χ3n) is 17.2. The standard InChI is InChI=1S/2C27H31.2C13H10.2ClH.2Zr/c2*1-18-9-8-10-24(18)27(26(5,6)7)14-13-23-20(17-27)15-19-16-21(25(2,3)4)11-12-22(19)23;2*1-3-7-12(8-4-1)11-13-9-5-2-6-10-13;;;;/h2*8-9,11-16H,10H2,1-7H3;2*1-10H;2*1H;;/q2*-1;;;;;;/p-2. The van der Waals surface area contributed by atoms with E-state index < -0.39 is 0 Å². The van der Waals surface area contributed by atoms with Crippen molar-refractivity contribution in [2.45, 2.75) is 121 Å². The van der Waals surface area contributed by atoms with Gasteiger partial charge in [0.25, 0.3) is 0 Å². The second kappa shape index (κ2) is 26.8. The average Bonchev–Trinajstić information content (AvgIpc) is 1.97. The van der Waals surface area contributed by atoms with Gasteiger partial charge in [-0.25, -0.2) is 0 Å². The molecule has 84 heavy (non-hydrogen) atoms. The molecule has 0 saturated heterocycles. The molecule has 0 spiro atoms. The van der Waals surface area contributed by atoms with Crippen LogP contribution in [0.3, 0.4) is 0 Å². The summed E-state index contributed by atoms with van der Waals surface area (Å²) in [6.45, 7) is 32.2. The summed E-state index contributed by atoms with van der Waals surface area (Å²) in [6.07, 6.45) is 33.4. The quantitative estimate of drug-likeness (QED) is 0.146. The fourth-order valence-electron chi connectivity index (χ4n) is 12.1. The normalized spacial score (nSPS) is 18.7. The predicted molar refractivity (Wildman–Crippen MR) is 345 cm³/mol. The SMILES string of the molecule is CC1=C(C2(C(C)(C)C)[C-]=C3C=c4cc(C(C)(C)C)ccc4=C3C=C2)CC=C1.CC1=C(C2(C(C)(C)C)[C-]=C3C=c4cc(C(C)(C)C)ccc4=C3C=C2)CC=C1.[Cl-].[Cl-].[Zr]=[C](c1ccccc1)c1ccccc1.[Zr]=[C](c1ccccc1)c1ccccc1. The molecular weight excluding hydrogens is 1210 g/mol. The van der Waals surface area contributed by atoms with Crippen LogP contribution in [-0.2, 0) is 59.3 Å². The van der Waals surface area contributed by atoms with Crippen molar-refractivity contribution < 1.29 is 73.3 Å². The summed E-state index contributed by atoms with van der Waals surface area (Å²) in [7, 11) is 0. The molecule has 12 rings (SSSR count). The number of hydrogen-bond donors (Lipinski definition) is 0. The van der Waals surface area contributed by atoms with Crippen LogP contribution in [0.15, 0.2) is 240 Å². The Morgan fingerprint density at radius 2 is 0.702 bits per heavy atom. The third-order valence-corrected chi connectivity index (χ3v) is 20.0. The van der Waals surface area contributed by atoms with Gasteiger partial charge in [-0.3, -0.25) is 0 Å². The van der Waals surface area contributed by atoms with Crippen LogP contribution in [0.4, 0.5) is 0 Å². The van der Waals surface area contributed by atoms with Crippen LogP contribution < -0.4 is 45.7 Å². The van der Waals surface area contributed by atoms with Gasteiger partial charge in [-0.05, 0) is 70.3 Å². The van der Waals surface area contributed by atoms with E-state index in [1.165, 1.54) is 154 Å². The maximum absolute atomic E-state index is 3.99. The number of allylic oxidation sites excluding steroid dienone is 16.